The first-order valence-corrected chi connectivity index (χ1v) is 7.25. The summed E-state index contributed by atoms with van der Waals surface area (Å²) in [5.74, 6) is -0.0621. The number of carbonyl (C=O) groups is 1. The van der Waals surface area contributed by atoms with Gasteiger partial charge in [-0.25, -0.2) is 4.39 Å². The molecule has 114 valence electrons. The first-order chi connectivity index (χ1) is 10.8. The minimum Gasteiger partial charge on any atom is -0.467 e. The van der Waals surface area contributed by atoms with Gasteiger partial charge in [0, 0.05) is 7.11 Å². The summed E-state index contributed by atoms with van der Waals surface area (Å²) in [5, 5.41) is 0. The molecule has 1 saturated carbocycles. The smallest absolute Gasteiger partial charge is 0.188 e. The molecule has 1 aliphatic rings. The van der Waals surface area contributed by atoms with Gasteiger partial charge in [0.1, 0.15) is 11.6 Å². The highest BCUT2D eigenvalue weighted by Gasteiger charge is 2.32. The number of benzene rings is 2. The van der Waals surface area contributed by atoms with Crippen molar-refractivity contribution in [2.24, 2.45) is 0 Å². The van der Waals surface area contributed by atoms with E-state index in [1.807, 2.05) is 30.3 Å². The molecule has 22 heavy (non-hydrogen) atoms. The topological polar surface area (TPSA) is 35.5 Å². The van der Waals surface area contributed by atoms with Gasteiger partial charge < -0.3 is 9.47 Å². The Bertz CT molecular complexity index is 678. The van der Waals surface area contributed by atoms with Crippen LogP contribution in [0.2, 0.25) is 0 Å². The predicted octanol–water partition coefficient (Wildman–Crippen LogP) is 4.17. The Kier molecular flexibility index (Phi) is 4.20. The molecule has 0 heterocycles. The fourth-order valence-corrected chi connectivity index (χ4v) is 2.64. The second kappa shape index (κ2) is 6.28. The Morgan fingerprint density at radius 3 is 2.59 bits per heavy atom. The van der Waals surface area contributed by atoms with Crippen LogP contribution in [0.3, 0.4) is 0 Å². The number of hydrogen-bond acceptors (Lipinski definition) is 3. The third kappa shape index (κ3) is 2.74. The van der Waals surface area contributed by atoms with Crippen molar-refractivity contribution in [3.63, 3.8) is 0 Å². The van der Waals surface area contributed by atoms with Crippen molar-refractivity contribution in [3.05, 3.63) is 53.3 Å². The Hall–Kier alpha value is -2.20. The van der Waals surface area contributed by atoms with Gasteiger partial charge in [0.15, 0.2) is 13.1 Å². The first-order valence-electron chi connectivity index (χ1n) is 7.25. The van der Waals surface area contributed by atoms with Crippen molar-refractivity contribution in [2.45, 2.75) is 18.8 Å². The lowest BCUT2D eigenvalue weighted by atomic mass is 9.93. The summed E-state index contributed by atoms with van der Waals surface area (Å²) in [5.41, 5.74) is 2.30. The number of halogens is 1. The van der Waals surface area contributed by atoms with E-state index < -0.39 is 5.82 Å². The van der Waals surface area contributed by atoms with E-state index in [1.165, 1.54) is 7.11 Å². The fraction of sp³-hybridized carbons (Fsp3) is 0.278. The Labute approximate surface area is 128 Å². The minimum absolute atomic E-state index is 0.0290. The number of aldehydes is 1. The number of methoxy groups -OCH3 is 1. The van der Waals surface area contributed by atoms with E-state index >= 15 is 0 Å². The molecule has 1 fully saturated rings. The Morgan fingerprint density at radius 1 is 1.27 bits per heavy atom. The van der Waals surface area contributed by atoms with Gasteiger partial charge in [-0.3, -0.25) is 4.79 Å². The predicted molar refractivity (Wildman–Crippen MR) is 81.7 cm³/mol. The lowest BCUT2D eigenvalue weighted by Gasteiger charge is -2.16. The van der Waals surface area contributed by atoms with Crippen LogP contribution in [0, 0.1) is 5.82 Å². The second-order valence-corrected chi connectivity index (χ2v) is 5.37. The second-order valence-electron chi connectivity index (χ2n) is 5.37. The van der Waals surface area contributed by atoms with Crippen molar-refractivity contribution in [1.29, 1.82) is 0 Å². The van der Waals surface area contributed by atoms with Crippen molar-refractivity contribution in [1.82, 2.24) is 0 Å². The molecule has 2 aromatic carbocycles. The summed E-state index contributed by atoms with van der Waals surface area (Å²) < 4.78 is 25.1. The van der Waals surface area contributed by atoms with Crippen LogP contribution in [-0.2, 0) is 4.74 Å². The standard InChI is InChI=1S/C18H17FO3/c1-21-11-22-16-9-14(12-5-3-2-4-6-12)17(13-7-8-13)18(19)15(16)10-20/h2-6,9-10,13H,7-8,11H2,1H3. The third-order valence-corrected chi connectivity index (χ3v) is 3.82. The van der Waals surface area contributed by atoms with Crippen LogP contribution in [-0.4, -0.2) is 20.2 Å². The Morgan fingerprint density at radius 2 is 2.00 bits per heavy atom. The summed E-state index contributed by atoms with van der Waals surface area (Å²) in [6, 6.07) is 11.3. The molecule has 0 atom stereocenters. The maximum Gasteiger partial charge on any atom is 0.188 e. The zero-order valence-corrected chi connectivity index (χ0v) is 12.3. The number of carbonyl (C=O) groups excluding carboxylic acids is 1. The molecule has 0 unspecified atom stereocenters. The van der Waals surface area contributed by atoms with Gasteiger partial charge >= 0.3 is 0 Å². The quantitative estimate of drug-likeness (QED) is 0.593. The largest absolute Gasteiger partial charge is 0.467 e. The average Bonchev–Trinajstić information content (AvgIpc) is 3.38. The van der Waals surface area contributed by atoms with Crippen LogP contribution in [0.1, 0.15) is 34.7 Å². The molecular formula is C18H17FO3. The zero-order valence-electron chi connectivity index (χ0n) is 12.3. The highest BCUT2D eigenvalue weighted by Crippen LogP contribution is 2.47. The minimum atomic E-state index is -0.468. The van der Waals surface area contributed by atoms with E-state index in [0.717, 1.165) is 24.0 Å². The van der Waals surface area contributed by atoms with Crippen LogP contribution < -0.4 is 4.74 Å². The lowest BCUT2D eigenvalue weighted by molar-refractivity contribution is 0.0503. The highest BCUT2D eigenvalue weighted by atomic mass is 19.1. The average molecular weight is 300 g/mol. The number of hydrogen-bond donors (Lipinski definition) is 0. The third-order valence-electron chi connectivity index (χ3n) is 3.82. The van der Waals surface area contributed by atoms with Gasteiger partial charge in [-0.15, -0.1) is 0 Å². The van der Waals surface area contributed by atoms with Gasteiger partial charge in [-0.05, 0) is 41.5 Å². The summed E-state index contributed by atoms with van der Waals surface area (Å²) >= 11 is 0. The molecule has 2 aromatic rings. The van der Waals surface area contributed by atoms with Crippen molar-refractivity contribution >= 4 is 6.29 Å². The zero-order chi connectivity index (χ0) is 15.5. The van der Waals surface area contributed by atoms with E-state index in [4.69, 9.17) is 9.47 Å². The normalized spacial score (nSPS) is 13.9. The summed E-state index contributed by atoms with van der Waals surface area (Å²) in [4.78, 5) is 11.3. The molecule has 4 heteroatoms. The maximum absolute atomic E-state index is 14.8. The van der Waals surface area contributed by atoms with Gasteiger partial charge in [-0.1, -0.05) is 30.3 Å². The van der Waals surface area contributed by atoms with Gasteiger partial charge in [-0.2, -0.15) is 0 Å². The molecular weight excluding hydrogens is 283 g/mol. The maximum atomic E-state index is 14.8. The molecule has 3 rings (SSSR count). The molecule has 0 aromatic heterocycles. The van der Waals surface area contributed by atoms with E-state index in [-0.39, 0.29) is 24.0 Å². The van der Waals surface area contributed by atoms with Crippen LogP contribution >= 0.6 is 0 Å². The van der Waals surface area contributed by atoms with E-state index in [1.54, 1.807) is 6.07 Å². The molecule has 0 aliphatic heterocycles. The molecule has 0 spiro atoms. The number of rotatable bonds is 6. The summed E-state index contributed by atoms with van der Waals surface area (Å²) in [6.45, 7) is -0.0305. The van der Waals surface area contributed by atoms with E-state index in [2.05, 4.69) is 0 Å². The van der Waals surface area contributed by atoms with Crippen molar-refractivity contribution in [3.8, 4) is 16.9 Å². The van der Waals surface area contributed by atoms with Crippen LogP contribution in [0.4, 0.5) is 4.39 Å². The molecule has 0 radical (unpaired) electrons. The van der Waals surface area contributed by atoms with Gasteiger partial charge in [0.25, 0.3) is 0 Å². The van der Waals surface area contributed by atoms with Crippen LogP contribution in [0.25, 0.3) is 11.1 Å². The fourth-order valence-electron chi connectivity index (χ4n) is 2.64. The molecule has 0 saturated heterocycles. The van der Waals surface area contributed by atoms with Crippen molar-refractivity contribution < 1.29 is 18.7 Å². The van der Waals surface area contributed by atoms with Crippen molar-refractivity contribution in [2.75, 3.05) is 13.9 Å². The highest BCUT2D eigenvalue weighted by molar-refractivity contribution is 5.84. The molecule has 1 aliphatic carbocycles. The number of ether oxygens (including phenoxy) is 2. The molecule has 3 nitrogen and oxygen atoms in total. The Balaban J connectivity index is 2.18. The van der Waals surface area contributed by atoms with E-state index in [0.29, 0.717) is 11.8 Å². The summed E-state index contributed by atoms with van der Waals surface area (Å²) in [7, 11) is 1.48. The summed E-state index contributed by atoms with van der Waals surface area (Å²) in [6.07, 6.45) is 2.42. The van der Waals surface area contributed by atoms with Gasteiger partial charge in [0.2, 0.25) is 0 Å². The molecule has 0 N–H and O–H groups in total. The molecule has 0 bridgehead atoms. The monoisotopic (exact) mass is 300 g/mol. The van der Waals surface area contributed by atoms with Gasteiger partial charge in [0.05, 0.1) is 5.56 Å². The first kappa shape index (κ1) is 14.7. The molecule has 0 amide bonds. The van der Waals surface area contributed by atoms with E-state index in [9.17, 15) is 9.18 Å². The lowest BCUT2D eigenvalue weighted by Crippen LogP contribution is -2.06. The van der Waals surface area contributed by atoms with Crippen LogP contribution in [0.5, 0.6) is 5.75 Å². The SMILES string of the molecule is COCOc1cc(-c2ccccc2)c(C2CC2)c(F)c1C=O. The van der Waals surface area contributed by atoms with Crippen LogP contribution in [0.15, 0.2) is 36.4 Å².